The van der Waals surface area contributed by atoms with Gasteiger partial charge in [0.1, 0.15) is 0 Å². The molecular weight excluding hydrogens is 274 g/mol. The molecule has 0 aromatic heterocycles. The standard InChI is InChI=1S/C13H18F2O3S/c14-13(15,19)10(16)18-7-11-2-8-1-9(3-11)5-12(17,4-8)6-11/h8-9,17,19H,1-7H2. The zero-order valence-corrected chi connectivity index (χ0v) is 11.5. The van der Waals surface area contributed by atoms with Crippen LogP contribution in [0.15, 0.2) is 0 Å². The molecule has 19 heavy (non-hydrogen) atoms. The van der Waals surface area contributed by atoms with Gasteiger partial charge in [0.2, 0.25) is 0 Å². The van der Waals surface area contributed by atoms with Crippen LogP contribution >= 0.6 is 12.6 Å². The average molecular weight is 292 g/mol. The van der Waals surface area contributed by atoms with Crippen LogP contribution in [0.1, 0.15) is 38.5 Å². The minimum Gasteiger partial charge on any atom is -0.460 e. The molecule has 0 aromatic rings. The van der Waals surface area contributed by atoms with Gasteiger partial charge in [-0.2, -0.15) is 8.78 Å². The molecule has 4 saturated carbocycles. The van der Waals surface area contributed by atoms with Gasteiger partial charge in [-0.1, -0.05) is 12.6 Å². The lowest BCUT2D eigenvalue weighted by molar-refractivity contribution is -0.192. The SMILES string of the molecule is O=C(OCC12CC3CC(CC(O)(C3)C1)C2)C(F)(F)S. The summed E-state index contributed by atoms with van der Waals surface area (Å²) in [4.78, 5) is 11.1. The van der Waals surface area contributed by atoms with Gasteiger partial charge in [-0.05, 0) is 50.4 Å². The second-order valence-corrected chi connectivity index (χ2v) is 7.36. The van der Waals surface area contributed by atoms with E-state index < -0.39 is 16.8 Å². The van der Waals surface area contributed by atoms with Gasteiger partial charge in [0, 0.05) is 5.41 Å². The van der Waals surface area contributed by atoms with Gasteiger partial charge in [0.15, 0.2) is 0 Å². The lowest BCUT2D eigenvalue weighted by Gasteiger charge is -2.59. The summed E-state index contributed by atoms with van der Waals surface area (Å²) in [6.07, 6.45) is 5.04. The first-order valence-electron chi connectivity index (χ1n) is 6.70. The molecule has 0 aromatic carbocycles. The first kappa shape index (κ1) is 13.6. The number of halogens is 2. The Labute approximate surface area is 116 Å². The molecule has 0 heterocycles. The molecule has 4 fully saturated rings. The van der Waals surface area contributed by atoms with Gasteiger partial charge in [0.25, 0.3) is 0 Å². The Morgan fingerprint density at radius 3 is 2.37 bits per heavy atom. The molecular formula is C13H18F2O3S. The van der Waals surface area contributed by atoms with E-state index in [1.165, 1.54) is 0 Å². The Hall–Kier alpha value is -0.360. The van der Waals surface area contributed by atoms with E-state index in [9.17, 15) is 18.7 Å². The lowest BCUT2D eigenvalue weighted by atomic mass is 9.48. The molecule has 2 atom stereocenters. The van der Waals surface area contributed by atoms with Gasteiger partial charge < -0.3 is 9.84 Å². The van der Waals surface area contributed by atoms with Crippen LogP contribution < -0.4 is 0 Å². The van der Waals surface area contributed by atoms with Crippen molar-refractivity contribution in [2.24, 2.45) is 17.3 Å². The molecule has 4 aliphatic carbocycles. The van der Waals surface area contributed by atoms with Crippen molar-refractivity contribution in [3.8, 4) is 0 Å². The smallest absolute Gasteiger partial charge is 0.388 e. The molecule has 0 radical (unpaired) electrons. The number of carbonyl (C=O) groups is 1. The average Bonchev–Trinajstić information content (AvgIpc) is 2.21. The molecule has 0 aliphatic heterocycles. The van der Waals surface area contributed by atoms with Crippen molar-refractivity contribution in [3.63, 3.8) is 0 Å². The van der Waals surface area contributed by atoms with E-state index in [2.05, 4.69) is 12.6 Å². The van der Waals surface area contributed by atoms with Crippen molar-refractivity contribution < 1.29 is 23.4 Å². The number of hydrogen-bond acceptors (Lipinski definition) is 4. The molecule has 6 heteroatoms. The zero-order valence-electron chi connectivity index (χ0n) is 10.6. The van der Waals surface area contributed by atoms with Gasteiger partial charge in [-0.25, -0.2) is 4.79 Å². The molecule has 0 saturated heterocycles. The lowest BCUT2D eigenvalue weighted by Crippen LogP contribution is -2.57. The fourth-order valence-electron chi connectivity index (χ4n) is 4.88. The Morgan fingerprint density at radius 2 is 1.89 bits per heavy atom. The molecule has 2 unspecified atom stereocenters. The van der Waals surface area contributed by atoms with E-state index in [4.69, 9.17) is 4.74 Å². The highest BCUT2D eigenvalue weighted by Crippen LogP contribution is 2.61. The second kappa shape index (κ2) is 4.07. The summed E-state index contributed by atoms with van der Waals surface area (Å²) in [7, 11) is 0. The maximum Gasteiger partial charge on any atom is 0.388 e. The fourth-order valence-corrected chi connectivity index (χ4v) is 4.94. The van der Waals surface area contributed by atoms with Crippen molar-refractivity contribution in [2.75, 3.05) is 6.61 Å². The van der Waals surface area contributed by atoms with Crippen LogP contribution in [-0.2, 0) is 9.53 Å². The third kappa shape index (κ3) is 2.49. The number of rotatable bonds is 3. The number of aliphatic hydroxyl groups is 1. The largest absolute Gasteiger partial charge is 0.460 e. The van der Waals surface area contributed by atoms with Crippen molar-refractivity contribution >= 4 is 18.6 Å². The maximum atomic E-state index is 12.7. The fraction of sp³-hybridized carbons (Fsp3) is 0.923. The monoisotopic (exact) mass is 292 g/mol. The van der Waals surface area contributed by atoms with E-state index >= 15 is 0 Å². The van der Waals surface area contributed by atoms with Crippen molar-refractivity contribution in [1.82, 2.24) is 0 Å². The topological polar surface area (TPSA) is 46.5 Å². The second-order valence-electron chi connectivity index (χ2n) is 6.80. The first-order chi connectivity index (χ1) is 8.70. The van der Waals surface area contributed by atoms with E-state index in [1.54, 1.807) is 0 Å². The maximum absolute atomic E-state index is 12.7. The summed E-state index contributed by atoms with van der Waals surface area (Å²) < 4.78 is 30.1. The molecule has 108 valence electrons. The van der Waals surface area contributed by atoms with Crippen LogP contribution in [0.5, 0.6) is 0 Å². The van der Waals surface area contributed by atoms with Crippen molar-refractivity contribution in [1.29, 1.82) is 0 Å². The Balaban J connectivity index is 1.69. The Bertz CT molecular complexity index is 393. The number of hydrogen-bond donors (Lipinski definition) is 2. The van der Waals surface area contributed by atoms with Crippen LogP contribution in [0.2, 0.25) is 0 Å². The summed E-state index contributed by atoms with van der Waals surface area (Å²) in [5, 5.41) is 6.75. The van der Waals surface area contributed by atoms with E-state index in [0.29, 0.717) is 18.3 Å². The summed E-state index contributed by atoms with van der Waals surface area (Å²) in [6, 6.07) is 0. The molecule has 0 spiro atoms. The minimum absolute atomic E-state index is 0.0166. The van der Waals surface area contributed by atoms with E-state index in [1.807, 2.05) is 0 Å². The summed E-state index contributed by atoms with van der Waals surface area (Å²) in [5.74, 6) is -0.693. The molecule has 4 rings (SSSR count). The summed E-state index contributed by atoms with van der Waals surface area (Å²) in [5.41, 5.74) is -0.965. The van der Waals surface area contributed by atoms with Crippen molar-refractivity contribution in [2.45, 2.75) is 49.4 Å². The van der Waals surface area contributed by atoms with Crippen LogP contribution in [0.25, 0.3) is 0 Å². The zero-order chi connectivity index (χ0) is 13.9. The van der Waals surface area contributed by atoms with Gasteiger partial charge >= 0.3 is 11.2 Å². The highest BCUT2D eigenvalue weighted by atomic mass is 32.1. The van der Waals surface area contributed by atoms with Crippen LogP contribution in [0, 0.1) is 17.3 Å². The summed E-state index contributed by atoms with van der Waals surface area (Å²) >= 11 is 2.92. The summed E-state index contributed by atoms with van der Waals surface area (Å²) in [6.45, 7) is -0.0166. The van der Waals surface area contributed by atoms with E-state index in [-0.39, 0.29) is 12.0 Å². The molecule has 0 amide bonds. The highest BCUT2D eigenvalue weighted by Gasteiger charge is 2.57. The van der Waals surface area contributed by atoms with Gasteiger partial charge in [-0.3, -0.25) is 0 Å². The highest BCUT2D eigenvalue weighted by molar-refractivity contribution is 7.82. The molecule has 4 aliphatic rings. The Morgan fingerprint density at radius 1 is 1.32 bits per heavy atom. The normalized spacial score (nSPS) is 44.4. The van der Waals surface area contributed by atoms with Crippen LogP contribution in [-0.4, -0.2) is 28.5 Å². The predicted octanol–water partition coefficient (Wildman–Crippen LogP) is 2.38. The Kier molecular flexibility index (Phi) is 2.92. The quantitative estimate of drug-likeness (QED) is 0.620. The number of alkyl halides is 2. The van der Waals surface area contributed by atoms with Crippen LogP contribution in [0.3, 0.4) is 0 Å². The predicted molar refractivity (Wildman–Crippen MR) is 67.0 cm³/mol. The number of esters is 1. The first-order valence-corrected chi connectivity index (χ1v) is 7.14. The van der Waals surface area contributed by atoms with Gasteiger partial charge in [0.05, 0.1) is 12.2 Å². The minimum atomic E-state index is -3.74. The van der Waals surface area contributed by atoms with E-state index in [0.717, 1.165) is 32.1 Å². The van der Waals surface area contributed by atoms with Crippen molar-refractivity contribution in [3.05, 3.63) is 0 Å². The molecule has 1 N–H and O–H groups in total. The number of ether oxygens (including phenoxy) is 1. The number of carbonyl (C=O) groups excluding carboxylic acids is 1. The molecule has 4 bridgehead atoms. The number of thiol groups is 1. The third-order valence-electron chi connectivity index (χ3n) is 4.91. The van der Waals surface area contributed by atoms with Crippen LogP contribution in [0.4, 0.5) is 8.78 Å². The molecule has 3 nitrogen and oxygen atoms in total. The van der Waals surface area contributed by atoms with Gasteiger partial charge in [-0.15, -0.1) is 0 Å². The third-order valence-corrected chi connectivity index (χ3v) is 5.09.